The fourth-order valence-electron chi connectivity index (χ4n) is 1.58. The Morgan fingerprint density at radius 2 is 2.16 bits per heavy atom. The third-order valence-corrected chi connectivity index (χ3v) is 2.51. The fourth-order valence-corrected chi connectivity index (χ4v) is 1.58. The molecular formula is C11H16F3N3O2. The Morgan fingerprint density at radius 1 is 1.53 bits per heavy atom. The number of halogens is 3. The summed E-state index contributed by atoms with van der Waals surface area (Å²) < 4.78 is 41.4. The molecule has 0 fully saturated rings. The molecule has 1 rings (SSSR count). The average Bonchev–Trinajstić information content (AvgIpc) is 2.65. The number of alkyl halides is 3. The number of nitrogens with zero attached hydrogens (tertiary/aromatic N) is 1. The molecule has 8 heteroatoms. The second-order valence-corrected chi connectivity index (χ2v) is 4.30. The highest BCUT2D eigenvalue weighted by Gasteiger charge is 2.27. The SMILES string of the molecule is Cc1cc(CN(C)CCC(F)(F)F)oc1C(=O)NN. The van der Waals surface area contributed by atoms with E-state index < -0.39 is 18.5 Å². The molecule has 0 aliphatic rings. The molecule has 0 radical (unpaired) electrons. The zero-order valence-corrected chi connectivity index (χ0v) is 10.7. The molecule has 0 aliphatic heterocycles. The van der Waals surface area contributed by atoms with Crippen LogP contribution in [-0.4, -0.2) is 30.6 Å². The van der Waals surface area contributed by atoms with E-state index in [1.165, 1.54) is 4.90 Å². The minimum Gasteiger partial charge on any atom is -0.454 e. The number of hydrogen-bond acceptors (Lipinski definition) is 4. The lowest BCUT2D eigenvalue weighted by atomic mass is 10.2. The largest absolute Gasteiger partial charge is 0.454 e. The fraction of sp³-hybridized carbons (Fsp3) is 0.545. The number of hydrogen-bond donors (Lipinski definition) is 2. The van der Waals surface area contributed by atoms with Gasteiger partial charge in [-0.1, -0.05) is 0 Å². The van der Waals surface area contributed by atoms with Crippen LogP contribution >= 0.6 is 0 Å². The average molecular weight is 279 g/mol. The minimum absolute atomic E-state index is 0.0710. The van der Waals surface area contributed by atoms with E-state index in [1.54, 1.807) is 20.0 Å². The lowest BCUT2D eigenvalue weighted by molar-refractivity contribution is -0.137. The van der Waals surface area contributed by atoms with E-state index in [0.717, 1.165) is 0 Å². The van der Waals surface area contributed by atoms with Crippen molar-refractivity contribution in [3.8, 4) is 0 Å². The smallest absolute Gasteiger partial charge is 0.390 e. The molecular weight excluding hydrogens is 263 g/mol. The second kappa shape index (κ2) is 6.07. The van der Waals surface area contributed by atoms with Gasteiger partial charge in [0.05, 0.1) is 13.0 Å². The van der Waals surface area contributed by atoms with Gasteiger partial charge in [-0.25, -0.2) is 5.84 Å². The van der Waals surface area contributed by atoms with E-state index in [1.807, 2.05) is 5.43 Å². The first kappa shape index (κ1) is 15.5. The van der Waals surface area contributed by atoms with Crippen LogP contribution in [0, 0.1) is 6.92 Å². The van der Waals surface area contributed by atoms with Crippen LogP contribution in [-0.2, 0) is 6.54 Å². The van der Waals surface area contributed by atoms with Crippen molar-refractivity contribution in [2.24, 2.45) is 5.84 Å². The van der Waals surface area contributed by atoms with E-state index >= 15 is 0 Å². The molecule has 0 aliphatic carbocycles. The molecule has 1 amide bonds. The normalized spacial score (nSPS) is 11.9. The number of nitrogen functional groups attached to an aromatic ring is 1. The number of aryl methyl sites for hydroxylation is 1. The number of amides is 1. The third-order valence-electron chi connectivity index (χ3n) is 2.51. The summed E-state index contributed by atoms with van der Waals surface area (Å²) in [6, 6.07) is 1.61. The standard InChI is InChI=1S/C11H16F3N3O2/c1-7-5-8(19-9(7)10(18)16-15)6-17(2)4-3-11(12,13)14/h5H,3-4,6,15H2,1-2H3,(H,16,18). The van der Waals surface area contributed by atoms with Gasteiger partial charge < -0.3 is 4.42 Å². The van der Waals surface area contributed by atoms with Crippen LogP contribution in [0.2, 0.25) is 0 Å². The highest BCUT2D eigenvalue weighted by atomic mass is 19.4. The predicted octanol–water partition coefficient (Wildman–Crippen LogP) is 1.58. The van der Waals surface area contributed by atoms with Crippen LogP contribution in [0.15, 0.2) is 10.5 Å². The van der Waals surface area contributed by atoms with Crippen molar-refractivity contribution in [3.63, 3.8) is 0 Å². The van der Waals surface area contributed by atoms with E-state index in [2.05, 4.69) is 0 Å². The number of nitrogens with one attached hydrogen (secondary N) is 1. The van der Waals surface area contributed by atoms with Gasteiger partial charge in [0.15, 0.2) is 5.76 Å². The topological polar surface area (TPSA) is 71.5 Å². The summed E-state index contributed by atoms with van der Waals surface area (Å²) in [5.74, 6) is 4.90. The van der Waals surface area contributed by atoms with Crippen molar-refractivity contribution in [2.45, 2.75) is 26.1 Å². The summed E-state index contributed by atoms with van der Waals surface area (Å²) in [5.41, 5.74) is 2.52. The quantitative estimate of drug-likeness (QED) is 0.487. The molecule has 0 spiro atoms. The van der Waals surface area contributed by atoms with Gasteiger partial charge in [-0.15, -0.1) is 0 Å². The molecule has 1 aromatic rings. The second-order valence-electron chi connectivity index (χ2n) is 4.30. The number of carbonyl (C=O) groups excluding carboxylic acids is 1. The van der Waals surface area contributed by atoms with Gasteiger partial charge in [0.25, 0.3) is 0 Å². The Hall–Kier alpha value is -1.54. The molecule has 0 saturated heterocycles. The summed E-state index contributed by atoms with van der Waals surface area (Å²) in [6.07, 6.45) is -5.07. The summed E-state index contributed by atoms with van der Waals surface area (Å²) >= 11 is 0. The van der Waals surface area contributed by atoms with Crippen LogP contribution < -0.4 is 11.3 Å². The van der Waals surface area contributed by atoms with Crippen molar-refractivity contribution in [1.82, 2.24) is 10.3 Å². The summed E-state index contributed by atoms with van der Waals surface area (Å²) in [7, 11) is 1.55. The Bertz CT molecular complexity index is 443. The van der Waals surface area contributed by atoms with Gasteiger partial charge in [0.2, 0.25) is 0 Å². The maximum Gasteiger partial charge on any atom is 0.390 e. The highest BCUT2D eigenvalue weighted by Crippen LogP contribution is 2.21. The van der Waals surface area contributed by atoms with Crippen LogP contribution in [0.1, 0.15) is 28.3 Å². The summed E-state index contributed by atoms with van der Waals surface area (Å²) in [6.45, 7) is 1.71. The molecule has 0 unspecified atom stereocenters. The van der Waals surface area contributed by atoms with Crippen molar-refractivity contribution >= 4 is 5.91 Å². The van der Waals surface area contributed by atoms with E-state index in [0.29, 0.717) is 11.3 Å². The first-order valence-electron chi connectivity index (χ1n) is 5.58. The summed E-state index contributed by atoms with van der Waals surface area (Å²) in [4.78, 5) is 12.8. The van der Waals surface area contributed by atoms with Gasteiger partial charge in [-0.2, -0.15) is 13.2 Å². The van der Waals surface area contributed by atoms with Gasteiger partial charge in [0.1, 0.15) is 5.76 Å². The number of furan rings is 1. The lowest BCUT2D eigenvalue weighted by Crippen LogP contribution is -2.30. The molecule has 0 saturated carbocycles. The van der Waals surface area contributed by atoms with Crippen LogP contribution in [0.5, 0.6) is 0 Å². The molecule has 3 N–H and O–H groups in total. The molecule has 1 aromatic heterocycles. The first-order valence-corrected chi connectivity index (χ1v) is 5.58. The number of carbonyl (C=O) groups is 1. The zero-order valence-electron chi connectivity index (χ0n) is 10.7. The van der Waals surface area contributed by atoms with Gasteiger partial charge in [-0.05, 0) is 20.0 Å². The Labute approximate surface area is 108 Å². The Balaban J connectivity index is 2.60. The van der Waals surface area contributed by atoms with Crippen LogP contribution in [0.25, 0.3) is 0 Å². The van der Waals surface area contributed by atoms with Gasteiger partial charge in [-0.3, -0.25) is 15.1 Å². The Morgan fingerprint density at radius 3 is 2.68 bits per heavy atom. The first-order chi connectivity index (χ1) is 8.73. The number of rotatable bonds is 5. The molecule has 108 valence electrons. The zero-order chi connectivity index (χ0) is 14.6. The van der Waals surface area contributed by atoms with Crippen molar-refractivity contribution in [2.75, 3.05) is 13.6 Å². The maximum absolute atomic E-state index is 12.1. The molecule has 0 atom stereocenters. The van der Waals surface area contributed by atoms with Crippen LogP contribution in [0.4, 0.5) is 13.2 Å². The molecule has 19 heavy (non-hydrogen) atoms. The van der Waals surface area contributed by atoms with Gasteiger partial charge >= 0.3 is 12.1 Å². The number of nitrogens with two attached hydrogens (primary N) is 1. The van der Waals surface area contributed by atoms with Crippen molar-refractivity contribution in [3.05, 3.63) is 23.2 Å². The third kappa shape index (κ3) is 4.92. The van der Waals surface area contributed by atoms with Gasteiger partial charge in [0, 0.05) is 12.1 Å². The summed E-state index contributed by atoms with van der Waals surface area (Å²) in [5, 5.41) is 0. The molecule has 0 bridgehead atoms. The van der Waals surface area contributed by atoms with Crippen molar-refractivity contribution in [1.29, 1.82) is 0 Å². The number of hydrazine groups is 1. The predicted molar refractivity (Wildman–Crippen MR) is 62.1 cm³/mol. The van der Waals surface area contributed by atoms with E-state index in [9.17, 15) is 18.0 Å². The lowest BCUT2D eigenvalue weighted by Gasteiger charge is -2.16. The van der Waals surface area contributed by atoms with E-state index in [4.69, 9.17) is 10.3 Å². The monoisotopic (exact) mass is 279 g/mol. The molecule has 1 heterocycles. The molecule has 0 aromatic carbocycles. The maximum atomic E-state index is 12.1. The van der Waals surface area contributed by atoms with E-state index in [-0.39, 0.29) is 18.8 Å². The van der Waals surface area contributed by atoms with Crippen LogP contribution in [0.3, 0.4) is 0 Å². The Kier molecular flexibility index (Phi) is 4.96. The molecule has 5 nitrogen and oxygen atoms in total. The highest BCUT2D eigenvalue weighted by molar-refractivity contribution is 5.92. The van der Waals surface area contributed by atoms with Crippen molar-refractivity contribution < 1.29 is 22.4 Å². The minimum atomic E-state index is -4.18.